The number of benzene rings is 1. The molecule has 3 aromatic rings. The lowest BCUT2D eigenvalue weighted by Gasteiger charge is -2.23. The number of nitrogens with zero attached hydrogens (tertiary/aromatic N) is 2. The Kier molecular flexibility index (Phi) is 10.2. The third kappa shape index (κ3) is 7.32. The molecule has 15 heteroatoms. The van der Waals surface area contributed by atoms with Crippen LogP contribution in [0.5, 0.6) is 0 Å². The molecule has 4 rings (SSSR count). The van der Waals surface area contributed by atoms with E-state index in [1.807, 2.05) is 6.92 Å². The molecule has 0 radical (unpaired) electrons. The van der Waals surface area contributed by atoms with Crippen LogP contribution in [-0.4, -0.2) is 71.2 Å². The number of quaternary nitrogens is 1. The zero-order chi connectivity index (χ0) is 29.8. The molecule has 3 heterocycles. The van der Waals surface area contributed by atoms with E-state index in [-0.39, 0.29) is 33.2 Å². The lowest BCUT2D eigenvalue weighted by atomic mass is 10.0. The fourth-order valence-electron chi connectivity index (χ4n) is 4.37. The highest BCUT2D eigenvalue weighted by atomic mass is 35.5. The minimum atomic E-state index is -5.19. The zero-order valence-electron chi connectivity index (χ0n) is 21.1. The highest BCUT2D eigenvalue weighted by Gasteiger charge is 2.29. The molecule has 1 aromatic carbocycles. The predicted molar refractivity (Wildman–Crippen MR) is 135 cm³/mol. The van der Waals surface area contributed by atoms with Crippen molar-refractivity contribution in [1.29, 1.82) is 0 Å². The summed E-state index contributed by atoms with van der Waals surface area (Å²) in [6.07, 6.45) is -2.64. The molecule has 1 saturated heterocycles. The Hall–Kier alpha value is -3.16. The van der Waals surface area contributed by atoms with Crippen molar-refractivity contribution in [2.24, 2.45) is 0 Å². The quantitative estimate of drug-likeness (QED) is 0.432. The number of hydrogen-bond acceptors (Lipinski definition) is 4. The van der Waals surface area contributed by atoms with Gasteiger partial charge in [-0.25, -0.2) is 8.78 Å². The van der Waals surface area contributed by atoms with Gasteiger partial charge in [0.2, 0.25) is 0 Å². The van der Waals surface area contributed by atoms with Crippen LogP contribution < -0.4 is 15.6 Å². The first-order valence-electron chi connectivity index (χ1n) is 12.1. The number of amides is 1. The molecule has 2 unspecified atom stereocenters. The van der Waals surface area contributed by atoms with E-state index in [4.69, 9.17) is 33.1 Å². The van der Waals surface area contributed by atoms with Gasteiger partial charge in [-0.2, -0.15) is 13.2 Å². The van der Waals surface area contributed by atoms with Crippen molar-refractivity contribution in [3.8, 4) is 0 Å². The number of nitrogens with one attached hydrogen (secondary N) is 2. The van der Waals surface area contributed by atoms with Crippen LogP contribution in [0.1, 0.15) is 35.0 Å². The number of rotatable bonds is 5. The summed E-state index contributed by atoms with van der Waals surface area (Å²) < 4.78 is 60.8. The molecule has 8 nitrogen and oxygen atoms in total. The Balaban J connectivity index is 0.000000559. The molecule has 40 heavy (non-hydrogen) atoms. The summed E-state index contributed by atoms with van der Waals surface area (Å²) in [4.78, 5) is 39.5. The summed E-state index contributed by atoms with van der Waals surface area (Å²) in [6, 6.07) is 5.77. The van der Waals surface area contributed by atoms with Crippen LogP contribution in [0, 0.1) is 5.82 Å². The van der Waals surface area contributed by atoms with Gasteiger partial charge < -0.3 is 24.7 Å². The number of H-pyrrole nitrogens is 1. The number of carbonyl (C=O) groups is 2. The highest BCUT2D eigenvalue weighted by Crippen LogP contribution is 2.27. The van der Waals surface area contributed by atoms with Gasteiger partial charge in [-0.15, -0.1) is 0 Å². The van der Waals surface area contributed by atoms with E-state index < -0.39 is 24.6 Å². The van der Waals surface area contributed by atoms with Crippen LogP contribution in [0.2, 0.25) is 10.2 Å². The van der Waals surface area contributed by atoms with Gasteiger partial charge in [-0.1, -0.05) is 29.3 Å². The van der Waals surface area contributed by atoms with Crippen LogP contribution in [0.15, 0.2) is 35.3 Å². The maximum atomic E-state index is 14.7. The zero-order valence-corrected chi connectivity index (χ0v) is 22.6. The smallest absolute Gasteiger partial charge is 0.430 e. The van der Waals surface area contributed by atoms with Crippen LogP contribution >= 0.6 is 23.2 Å². The number of aromatic amines is 1. The molecule has 2 aromatic heterocycles. The summed E-state index contributed by atoms with van der Waals surface area (Å²) in [5.74, 6) is -3.98. The molecule has 2 atom stereocenters. The van der Waals surface area contributed by atoms with Gasteiger partial charge in [0, 0.05) is 31.3 Å². The van der Waals surface area contributed by atoms with E-state index in [9.17, 15) is 31.5 Å². The van der Waals surface area contributed by atoms with E-state index in [0.717, 1.165) is 17.9 Å². The third-order valence-corrected chi connectivity index (χ3v) is 7.27. The molecule has 1 aliphatic rings. The summed E-state index contributed by atoms with van der Waals surface area (Å²) in [6.45, 7) is 3.80. The Morgan fingerprint density at radius 3 is 2.48 bits per heavy atom. The monoisotopic (exact) mass is 610 g/mol. The first-order chi connectivity index (χ1) is 18.7. The van der Waals surface area contributed by atoms with E-state index in [1.165, 1.54) is 24.4 Å². The van der Waals surface area contributed by atoms with Gasteiger partial charge in [0.25, 0.3) is 11.5 Å². The number of carboxylic acids is 1. The second-order valence-electron chi connectivity index (χ2n) is 9.25. The number of hydrogen-bond donors (Lipinski definition) is 2. The molecular formula is C25H25Cl2F5N4O4. The molecule has 218 valence electrons. The van der Waals surface area contributed by atoms with Crippen molar-refractivity contribution in [2.75, 3.05) is 32.9 Å². The lowest BCUT2D eigenvalue weighted by Crippen LogP contribution is -3.16. The SMILES string of the molecule is CC(CF)[NH+]1CCCN(C(=O)c2cc(Cc3c[nH]c(=O)c4cc(Cl)c(Cl)n34)ccc2F)CC1.O=C([O-])C(F)(F)F. The fourth-order valence-corrected chi connectivity index (χ4v) is 4.81. The van der Waals surface area contributed by atoms with Crippen molar-refractivity contribution in [3.05, 3.63) is 73.6 Å². The fraction of sp³-hybridized carbons (Fsp3) is 0.400. The number of fused-ring (bicyclic) bond motifs is 1. The Labute approximate surface area is 234 Å². The Bertz CT molecular complexity index is 1440. The second-order valence-corrected chi connectivity index (χ2v) is 10.0. The summed E-state index contributed by atoms with van der Waals surface area (Å²) in [5, 5.41) is 9.25. The summed E-state index contributed by atoms with van der Waals surface area (Å²) in [5.41, 5.74) is 1.29. The molecule has 0 bridgehead atoms. The standard InChI is InChI=1S/C23H24Cl2F2N4O2.C2HF3O2/c1-14(12-26)29-5-2-6-30(8-7-29)23(33)17-10-15(3-4-19(17)27)9-16-13-28-22(32)20-11-18(24)21(25)31(16)20;3-2(4,5)1(6)7/h3-4,10-11,13-14H,2,5-9,12H2,1H3,(H,28,32);(H,6,7). The van der Waals surface area contributed by atoms with Crippen LogP contribution in [-0.2, 0) is 11.2 Å². The molecule has 1 aliphatic heterocycles. The Morgan fingerprint density at radius 2 is 1.85 bits per heavy atom. The van der Waals surface area contributed by atoms with Gasteiger partial charge in [0.1, 0.15) is 35.2 Å². The van der Waals surface area contributed by atoms with E-state index >= 15 is 0 Å². The normalized spacial score (nSPS) is 16.7. The third-order valence-electron chi connectivity index (χ3n) is 6.51. The van der Waals surface area contributed by atoms with Crippen molar-refractivity contribution >= 4 is 40.6 Å². The minimum Gasteiger partial charge on any atom is -0.542 e. The largest absolute Gasteiger partial charge is 0.542 e. The number of aromatic nitrogens is 2. The molecule has 1 amide bonds. The average Bonchev–Trinajstić information content (AvgIpc) is 3.06. The van der Waals surface area contributed by atoms with Crippen molar-refractivity contribution < 1.29 is 41.5 Å². The average molecular weight is 611 g/mol. The summed E-state index contributed by atoms with van der Waals surface area (Å²) >= 11 is 12.4. The van der Waals surface area contributed by atoms with Crippen molar-refractivity contribution in [3.63, 3.8) is 0 Å². The van der Waals surface area contributed by atoms with E-state index in [1.54, 1.807) is 15.4 Å². The number of alkyl halides is 4. The van der Waals surface area contributed by atoms with Crippen LogP contribution in [0.25, 0.3) is 5.52 Å². The molecule has 0 saturated carbocycles. The first-order valence-corrected chi connectivity index (χ1v) is 12.8. The van der Waals surface area contributed by atoms with E-state index in [0.29, 0.717) is 42.8 Å². The number of carboxylic acid groups (broad SMARTS) is 1. The van der Waals surface area contributed by atoms with Gasteiger partial charge >= 0.3 is 6.18 Å². The van der Waals surface area contributed by atoms with Gasteiger partial charge in [-0.05, 0) is 30.7 Å². The summed E-state index contributed by atoms with van der Waals surface area (Å²) in [7, 11) is 0. The predicted octanol–water partition coefficient (Wildman–Crippen LogP) is 2.05. The molecule has 2 N–H and O–H groups in total. The van der Waals surface area contributed by atoms with E-state index in [2.05, 4.69) is 4.98 Å². The Morgan fingerprint density at radius 1 is 1.18 bits per heavy atom. The maximum absolute atomic E-state index is 14.7. The van der Waals surface area contributed by atoms with Crippen molar-refractivity contribution in [2.45, 2.75) is 32.0 Å². The highest BCUT2D eigenvalue weighted by molar-refractivity contribution is 6.42. The second kappa shape index (κ2) is 13.0. The van der Waals surface area contributed by atoms with Gasteiger partial charge in [-0.3, -0.25) is 14.0 Å². The van der Waals surface area contributed by atoms with Crippen molar-refractivity contribution in [1.82, 2.24) is 14.3 Å². The molecule has 1 fully saturated rings. The topological polar surface area (TPSA) is 102 Å². The van der Waals surface area contributed by atoms with Crippen LogP contribution in [0.4, 0.5) is 22.0 Å². The van der Waals surface area contributed by atoms with Gasteiger partial charge in [0.15, 0.2) is 0 Å². The first kappa shape index (κ1) is 31.4. The number of aliphatic carboxylic acids is 1. The lowest BCUT2D eigenvalue weighted by molar-refractivity contribution is -0.921. The molecule has 0 spiro atoms. The number of halogens is 7. The van der Waals surface area contributed by atoms with Gasteiger partial charge in [0.05, 0.1) is 30.2 Å². The maximum Gasteiger partial charge on any atom is 0.430 e. The van der Waals surface area contributed by atoms with Crippen LogP contribution in [0.3, 0.4) is 0 Å². The molecular weight excluding hydrogens is 586 g/mol. The number of carbonyl (C=O) groups excluding carboxylic acids is 2. The molecule has 0 aliphatic carbocycles. The minimum absolute atomic E-state index is 0.00760.